The molecule has 0 aliphatic heterocycles. The Kier molecular flexibility index (Phi) is 15.1. The van der Waals surface area contributed by atoms with Gasteiger partial charge in [0.15, 0.2) is 0 Å². The summed E-state index contributed by atoms with van der Waals surface area (Å²) in [6.45, 7) is 1.85. The monoisotopic (exact) mass is 390 g/mol. The minimum absolute atomic E-state index is 0. The summed E-state index contributed by atoms with van der Waals surface area (Å²) in [5.74, 6) is 2.62. The molecule has 0 saturated heterocycles. The van der Waals surface area contributed by atoms with Crippen LogP contribution in [0.15, 0.2) is 42.2 Å². The van der Waals surface area contributed by atoms with Crippen molar-refractivity contribution in [1.29, 1.82) is 0 Å². The van der Waals surface area contributed by atoms with Gasteiger partial charge < -0.3 is 19.4 Å². The van der Waals surface area contributed by atoms with Crippen LogP contribution in [0.3, 0.4) is 0 Å². The van der Waals surface area contributed by atoms with Crippen LogP contribution in [0.4, 0.5) is 0 Å². The smallest absolute Gasteiger partial charge is 0.358 e. The molecule has 0 radical (unpaired) electrons. The average molecular weight is 390 g/mol. The summed E-state index contributed by atoms with van der Waals surface area (Å²) in [5.41, 5.74) is 0. The molecule has 0 heterocycles. The molecule has 2 aliphatic rings. The summed E-state index contributed by atoms with van der Waals surface area (Å²) in [5, 5.41) is 0.962. The molecule has 2 fully saturated rings. The molecule has 3 heteroatoms. The van der Waals surface area contributed by atoms with Gasteiger partial charge in [-0.05, 0) is 31.2 Å². The third-order valence-electron chi connectivity index (χ3n) is 4.56. The zero-order valence-corrected chi connectivity index (χ0v) is 17.7. The summed E-state index contributed by atoms with van der Waals surface area (Å²) < 4.78 is 12.5. The van der Waals surface area contributed by atoms with E-state index in [9.17, 15) is 4.57 Å². The Morgan fingerprint density at radius 1 is 0.875 bits per heavy atom. The first kappa shape index (κ1) is 25.9. The second-order valence-electron chi connectivity index (χ2n) is 6.48. The minimum atomic E-state index is -2.28. The fourth-order valence-corrected chi connectivity index (χ4v) is 4.64. The van der Waals surface area contributed by atoms with Crippen LogP contribution in [-0.2, 0) is 21.6 Å². The van der Waals surface area contributed by atoms with Crippen LogP contribution in [0, 0.1) is 20.8 Å². The van der Waals surface area contributed by atoms with Crippen LogP contribution in [0.1, 0.15) is 57.8 Å². The van der Waals surface area contributed by atoms with Gasteiger partial charge in [-0.2, -0.15) is 0 Å². The van der Waals surface area contributed by atoms with Gasteiger partial charge in [0, 0.05) is 5.30 Å². The second kappa shape index (κ2) is 13.9. The van der Waals surface area contributed by atoms with Gasteiger partial charge in [-0.25, -0.2) is 0 Å². The Morgan fingerprint density at radius 2 is 1.33 bits per heavy atom. The quantitative estimate of drug-likeness (QED) is 0.313. The van der Waals surface area contributed by atoms with Crippen molar-refractivity contribution in [2.45, 2.75) is 57.8 Å². The molecule has 1 atom stereocenters. The topological polar surface area (TPSA) is 17.1 Å². The molecule has 0 amide bonds. The largest absolute Gasteiger partial charge is 2.00 e. The summed E-state index contributed by atoms with van der Waals surface area (Å²) in [4.78, 5) is 0. The van der Waals surface area contributed by atoms with Gasteiger partial charge in [-0.1, -0.05) is 81.4 Å². The van der Waals surface area contributed by atoms with Crippen molar-refractivity contribution in [3.8, 4) is 0 Å². The normalized spacial score (nSPS) is 19.2. The first-order chi connectivity index (χ1) is 10.2. The Morgan fingerprint density at radius 3 is 1.79 bits per heavy atom. The second-order valence-corrected chi connectivity index (χ2v) is 9.27. The third-order valence-corrected chi connectivity index (χ3v) is 6.63. The molecule has 0 N–H and O–H groups in total. The molecule has 2 aliphatic carbocycles. The van der Waals surface area contributed by atoms with Gasteiger partial charge in [-0.15, -0.1) is 0 Å². The zero-order valence-electron chi connectivity index (χ0n) is 15.7. The van der Waals surface area contributed by atoms with Gasteiger partial charge in [0.05, 0.1) is 0 Å². The van der Waals surface area contributed by atoms with E-state index < -0.39 is 7.14 Å². The van der Waals surface area contributed by atoms with Crippen molar-refractivity contribution in [3.63, 3.8) is 0 Å². The Balaban J connectivity index is 0. The van der Waals surface area contributed by atoms with E-state index in [4.69, 9.17) is 0 Å². The Hall–Kier alpha value is -0.291. The summed E-state index contributed by atoms with van der Waals surface area (Å²) >= 11 is 0. The van der Waals surface area contributed by atoms with E-state index in [1.807, 2.05) is 42.8 Å². The molecule has 1 aromatic rings. The molecule has 0 unspecified atom stereocenters. The summed E-state index contributed by atoms with van der Waals surface area (Å²) in [6, 6.07) is 9.79. The number of allylic oxidation sites excluding steroid dienone is 1. The maximum Gasteiger partial charge on any atom is 2.00 e. The number of hydrogen-bond donors (Lipinski definition) is 0. The maximum atomic E-state index is 12.5. The maximum absolute atomic E-state index is 12.5. The van der Waals surface area contributed by atoms with Crippen molar-refractivity contribution in [2.75, 3.05) is 6.66 Å². The number of rotatable bonds is 3. The van der Waals surface area contributed by atoms with Crippen LogP contribution in [0.25, 0.3) is 0 Å². The van der Waals surface area contributed by atoms with E-state index in [1.54, 1.807) is 0 Å². The predicted octanol–water partition coefficient (Wildman–Crippen LogP) is 6.86. The summed E-state index contributed by atoms with van der Waals surface area (Å²) in [6.07, 6.45) is 14.9. The SMILES string of the molecule is C1CCCC1.C[P@](=O)(/C=C/C1CCCC1)c1ccccc1.[CH3-].[CH3-].[Fe+2]. The Bertz CT molecular complexity index is 466. The standard InChI is InChI=1S/C14H19OP.C5H10.2CH3.Fe/c1-16(15,14-9-3-2-4-10-14)12-11-13-7-5-6-8-13;1-2-4-5-3-1;;;/h2-4,9-13H,5-8H2,1H3;1-5H2;2*1H3;/q;;2*-1;+2/b12-11+;;;;/t16-;;;;/m0..../s1. The van der Waals surface area contributed by atoms with Crippen LogP contribution < -0.4 is 5.30 Å². The van der Waals surface area contributed by atoms with Gasteiger partial charge in [0.1, 0.15) is 7.14 Å². The molecule has 0 bridgehead atoms. The summed E-state index contributed by atoms with van der Waals surface area (Å²) in [7, 11) is -2.28. The van der Waals surface area contributed by atoms with Crippen LogP contribution in [0.2, 0.25) is 0 Å². The molecule has 2 saturated carbocycles. The van der Waals surface area contributed by atoms with E-state index in [-0.39, 0.29) is 31.9 Å². The van der Waals surface area contributed by atoms with Crippen molar-refractivity contribution < 1.29 is 21.6 Å². The van der Waals surface area contributed by atoms with Crippen molar-refractivity contribution in [3.05, 3.63) is 57.1 Å². The molecule has 138 valence electrons. The fraction of sp³-hybridized carbons (Fsp3) is 0.524. The van der Waals surface area contributed by atoms with Crippen molar-refractivity contribution in [1.82, 2.24) is 0 Å². The molecule has 1 nitrogen and oxygen atoms in total. The first-order valence-electron chi connectivity index (χ1n) is 8.51. The van der Waals surface area contributed by atoms with Crippen LogP contribution in [-0.4, -0.2) is 6.66 Å². The van der Waals surface area contributed by atoms with Gasteiger partial charge >= 0.3 is 17.1 Å². The molecule has 0 spiro atoms. The van der Waals surface area contributed by atoms with E-state index in [2.05, 4.69) is 6.08 Å². The molecular formula is C21H35FeOP. The molecule has 1 aromatic carbocycles. The van der Waals surface area contributed by atoms with Crippen molar-refractivity contribution in [2.24, 2.45) is 5.92 Å². The number of benzene rings is 1. The van der Waals surface area contributed by atoms with E-state index in [0.29, 0.717) is 5.92 Å². The van der Waals surface area contributed by atoms with Gasteiger partial charge in [-0.3, -0.25) is 0 Å². The fourth-order valence-electron chi connectivity index (χ4n) is 3.13. The van der Waals surface area contributed by atoms with E-state index >= 15 is 0 Å². The third kappa shape index (κ3) is 9.26. The molecular weight excluding hydrogens is 355 g/mol. The van der Waals surface area contributed by atoms with Crippen LogP contribution >= 0.6 is 7.14 Å². The minimum Gasteiger partial charge on any atom is -0.358 e. The average Bonchev–Trinajstić information content (AvgIpc) is 3.22. The van der Waals surface area contributed by atoms with Gasteiger partial charge in [0.2, 0.25) is 0 Å². The van der Waals surface area contributed by atoms with Crippen molar-refractivity contribution >= 4 is 12.4 Å². The zero-order chi connectivity index (χ0) is 15.0. The first-order valence-corrected chi connectivity index (χ1v) is 10.7. The Labute approximate surface area is 161 Å². The molecule has 0 aromatic heterocycles. The van der Waals surface area contributed by atoms with Crippen LogP contribution in [0.5, 0.6) is 0 Å². The predicted molar refractivity (Wildman–Crippen MR) is 107 cm³/mol. The molecule has 3 rings (SSSR count). The number of hydrogen-bond acceptors (Lipinski definition) is 1. The van der Waals surface area contributed by atoms with E-state index in [0.717, 1.165) is 5.30 Å². The van der Waals surface area contributed by atoms with Gasteiger partial charge in [0.25, 0.3) is 0 Å². The molecule has 24 heavy (non-hydrogen) atoms. The van der Waals surface area contributed by atoms with E-state index in [1.165, 1.54) is 57.8 Å².